The van der Waals surface area contributed by atoms with Gasteiger partial charge in [0.25, 0.3) is 0 Å². The second-order valence-electron chi connectivity index (χ2n) is 3.04. The summed E-state index contributed by atoms with van der Waals surface area (Å²) in [5, 5.41) is 17.4. The van der Waals surface area contributed by atoms with Gasteiger partial charge in [-0.3, -0.25) is 4.79 Å². The highest BCUT2D eigenvalue weighted by Gasteiger charge is 2.13. The third-order valence-electron chi connectivity index (χ3n) is 1.91. The zero-order chi connectivity index (χ0) is 10.6. The van der Waals surface area contributed by atoms with Crippen LogP contribution in [0.15, 0.2) is 17.0 Å². The van der Waals surface area contributed by atoms with E-state index in [4.69, 9.17) is 15.9 Å². The molecule has 78 valence electrons. The number of aliphatic carboxylic acids is 1. The molecule has 0 fully saturated rings. The Balaban J connectivity index is 2.27. The van der Waals surface area contributed by atoms with Gasteiger partial charge in [0.1, 0.15) is 6.04 Å². The quantitative estimate of drug-likeness (QED) is 0.568. The molecule has 1 rings (SSSR count). The molecule has 0 amide bonds. The molecule has 6 heteroatoms. The van der Waals surface area contributed by atoms with Gasteiger partial charge in [-0.05, 0) is 12.5 Å². The Morgan fingerprint density at radius 2 is 2.50 bits per heavy atom. The maximum absolute atomic E-state index is 10.4. The Kier molecular flexibility index (Phi) is 3.47. The molecule has 1 atom stereocenters. The van der Waals surface area contributed by atoms with Crippen LogP contribution in [0.5, 0.6) is 0 Å². The van der Waals surface area contributed by atoms with Crippen LogP contribution in [-0.2, 0) is 4.79 Å². The summed E-state index contributed by atoms with van der Waals surface area (Å²) in [4.78, 5) is 15.8. The molecular formula is C8H13N3O3. The third-order valence-corrected chi connectivity index (χ3v) is 1.91. The number of carboxylic acids is 1. The van der Waals surface area contributed by atoms with Gasteiger partial charge in [-0.2, -0.15) is 0 Å². The van der Waals surface area contributed by atoms with Crippen molar-refractivity contribution in [3.8, 4) is 0 Å². The normalized spacial score (nSPS) is 17.8. The van der Waals surface area contributed by atoms with Crippen molar-refractivity contribution >= 4 is 12.3 Å². The molecule has 0 saturated heterocycles. The van der Waals surface area contributed by atoms with E-state index in [1.165, 1.54) is 6.34 Å². The molecule has 1 aliphatic rings. The van der Waals surface area contributed by atoms with Crippen LogP contribution in [0.3, 0.4) is 0 Å². The van der Waals surface area contributed by atoms with Crippen LogP contribution >= 0.6 is 0 Å². The summed E-state index contributed by atoms with van der Waals surface area (Å²) in [6.07, 6.45) is 3.38. The summed E-state index contributed by atoms with van der Waals surface area (Å²) < 4.78 is 0. The maximum atomic E-state index is 10.4. The molecule has 1 unspecified atom stereocenters. The predicted molar refractivity (Wildman–Crippen MR) is 51.0 cm³/mol. The van der Waals surface area contributed by atoms with Crippen molar-refractivity contribution in [2.75, 3.05) is 13.1 Å². The molecule has 6 nitrogen and oxygen atoms in total. The summed E-state index contributed by atoms with van der Waals surface area (Å²) in [5.41, 5.74) is 5.33. The number of hydrogen-bond donors (Lipinski definition) is 3. The lowest BCUT2D eigenvalue weighted by Crippen LogP contribution is -2.35. The number of hydrogen-bond acceptors (Lipinski definition) is 5. The fourth-order valence-electron chi connectivity index (χ4n) is 1.02. The second kappa shape index (κ2) is 4.61. The summed E-state index contributed by atoms with van der Waals surface area (Å²) in [6, 6.07) is -0.845. The minimum absolute atomic E-state index is 0.0104. The molecule has 14 heavy (non-hydrogen) atoms. The van der Waals surface area contributed by atoms with Gasteiger partial charge in [0, 0.05) is 13.1 Å². The largest absolute Gasteiger partial charge is 0.493 e. The first-order valence-corrected chi connectivity index (χ1v) is 4.25. The summed E-state index contributed by atoms with van der Waals surface area (Å²) in [5.74, 6) is -1.01. The van der Waals surface area contributed by atoms with Crippen LogP contribution < -0.4 is 5.73 Å². The number of aliphatic imine (C=N–C) groups is 1. The number of carboxylic acid groups (broad SMARTS) is 1. The van der Waals surface area contributed by atoms with Crippen molar-refractivity contribution in [1.82, 2.24) is 4.90 Å². The van der Waals surface area contributed by atoms with E-state index in [9.17, 15) is 4.79 Å². The Labute approximate surface area is 81.3 Å². The Bertz CT molecular complexity index is 275. The van der Waals surface area contributed by atoms with E-state index in [-0.39, 0.29) is 5.88 Å². The van der Waals surface area contributed by atoms with Gasteiger partial charge < -0.3 is 20.8 Å². The van der Waals surface area contributed by atoms with Gasteiger partial charge in [-0.15, -0.1) is 0 Å². The lowest BCUT2D eigenvalue weighted by atomic mass is 10.2. The van der Waals surface area contributed by atoms with Gasteiger partial charge in [0.05, 0.1) is 6.34 Å². The van der Waals surface area contributed by atoms with E-state index in [0.29, 0.717) is 19.5 Å². The molecule has 0 aromatic heterocycles. The van der Waals surface area contributed by atoms with E-state index in [0.717, 1.165) is 0 Å². The fourth-order valence-corrected chi connectivity index (χ4v) is 1.02. The van der Waals surface area contributed by atoms with E-state index >= 15 is 0 Å². The van der Waals surface area contributed by atoms with Crippen molar-refractivity contribution in [1.29, 1.82) is 0 Å². The Hall–Kier alpha value is -1.56. The lowest BCUT2D eigenvalue weighted by Gasteiger charge is -2.20. The zero-order valence-electron chi connectivity index (χ0n) is 7.63. The average Bonchev–Trinajstić information content (AvgIpc) is 2.16. The first-order valence-electron chi connectivity index (χ1n) is 4.25. The molecule has 0 bridgehead atoms. The number of aliphatic hydroxyl groups is 1. The first kappa shape index (κ1) is 10.5. The summed E-state index contributed by atoms with van der Waals surface area (Å²) >= 11 is 0. The highest BCUT2D eigenvalue weighted by atomic mass is 16.4. The Morgan fingerprint density at radius 1 is 1.79 bits per heavy atom. The fraction of sp³-hybridized carbons (Fsp3) is 0.500. The predicted octanol–water partition coefficient (Wildman–Crippen LogP) is -0.468. The molecule has 0 spiro atoms. The Morgan fingerprint density at radius 3 is 3.00 bits per heavy atom. The van der Waals surface area contributed by atoms with E-state index < -0.39 is 12.0 Å². The molecule has 0 aliphatic carbocycles. The number of carbonyl (C=O) groups is 1. The molecule has 0 radical (unpaired) electrons. The number of nitrogens with two attached hydrogens (primary N) is 1. The van der Waals surface area contributed by atoms with Crippen LogP contribution in [0.4, 0.5) is 0 Å². The van der Waals surface area contributed by atoms with Crippen LogP contribution in [0.1, 0.15) is 6.42 Å². The molecule has 0 aromatic carbocycles. The number of rotatable bonds is 4. The zero-order valence-corrected chi connectivity index (χ0v) is 7.63. The number of nitrogens with zero attached hydrogens (tertiary/aromatic N) is 2. The van der Waals surface area contributed by atoms with Crippen LogP contribution in [-0.4, -0.2) is 46.6 Å². The average molecular weight is 199 g/mol. The third kappa shape index (κ3) is 3.06. The highest BCUT2D eigenvalue weighted by Crippen LogP contribution is 2.01. The first-order chi connectivity index (χ1) is 6.59. The topological polar surface area (TPSA) is 99.1 Å². The standard InChI is InChI=1S/C8H13N3O3/c9-6(8(13)14)1-3-11-4-2-7(12)10-5-11/h2,5-6,12H,1,3-4,9H2,(H,13,14). The van der Waals surface area contributed by atoms with Crippen LogP contribution in [0, 0.1) is 0 Å². The van der Waals surface area contributed by atoms with Crippen molar-refractivity contribution < 1.29 is 15.0 Å². The van der Waals surface area contributed by atoms with Gasteiger partial charge in [0.2, 0.25) is 5.88 Å². The molecule has 4 N–H and O–H groups in total. The lowest BCUT2D eigenvalue weighted by molar-refractivity contribution is -0.138. The van der Waals surface area contributed by atoms with Gasteiger partial charge in [-0.25, -0.2) is 4.99 Å². The minimum Gasteiger partial charge on any atom is -0.493 e. The van der Waals surface area contributed by atoms with Gasteiger partial charge >= 0.3 is 5.97 Å². The molecular weight excluding hydrogens is 186 g/mol. The van der Waals surface area contributed by atoms with Crippen LogP contribution in [0.2, 0.25) is 0 Å². The van der Waals surface area contributed by atoms with E-state index in [2.05, 4.69) is 4.99 Å². The molecule has 1 aliphatic heterocycles. The number of aliphatic hydroxyl groups excluding tert-OH is 1. The van der Waals surface area contributed by atoms with Gasteiger partial charge in [-0.1, -0.05) is 0 Å². The van der Waals surface area contributed by atoms with Crippen molar-refractivity contribution in [2.45, 2.75) is 12.5 Å². The monoisotopic (exact) mass is 199 g/mol. The maximum Gasteiger partial charge on any atom is 0.320 e. The molecule has 0 saturated carbocycles. The van der Waals surface area contributed by atoms with Crippen molar-refractivity contribution in [3.05, 3.63) is 12.0 Å². The van der Waals surface area contributed by atoms with E-state index in [1.807, 2.05) is 0 Å². The SMILES string of the molecule is NC(CCN1C=NC(O)=CC1)C(=O)O. The van der Waals surface area contributed by atoms with E-state index in [1.54, 1.807) is 11.0 Å². The highest BCUT2D eigenvalue weighted by molar-refractivity contribution is 5.73. The molecule has 1 heterocycles. The van der Waals surface area contributed by atoms with Crippen molar-refractivity contribution in [2.24, 2.45) is 10.7 Å². The smallest absolute Gasteiger partial charge is 0.320 e. The second-order valence-corrected chi connectivity index (χ2v) is 3.04. The van der Waals surface area contributed by atoms with Crippen molar-refractivity contribution in [3.63, 3.8) is 0 Å². The molecule has 0 aromatic rings. The van der Waals surface area contributed by atoms with Gasteiger partial charge in [0.15, 0.2) is 0 Å². The minimum atomic E-state index is -1.00. The summed E-state index contributed by atoms with van der Waals surface area (Å²) in [6.45, 7) is 1.04. The van der Waals surface area contributed by atoms with Crippen LogP contribution in [0.25, 0.3) is 0 Å². The summed E-state index contributed by atoms with van der Waals surface area (Å²) in [7, 11) is 0.